The molecule has 2 aliphatic rings. The molecule has 18 heavy (non-hydrogen) atoms. The van der Waals surface area contributed by atoms with Crippen molar-refractivity contribution in [1.29, 1.82) is 0 Å². The molecule has 1 aromatic heterocycles. The maximum Gasteiger partial charge on any atom is 0.308 e. The zero-order chi connectivity index (χ0) is 12.7. The number of aliphatic carboxylic acids is 1. The molecule has 98 valence electrons. The summed E-state index contributed by atoms with van der Waals surface area (Å²) in [4.78, 5) is 10.9. The summed E-state index contributed by atoms with van der Waals surface area (Å²) in [5.41, 5.74) is 0. The Morgan fingerprint density at radius 2 is 2.11 bits per heavy atom. The van der Waals surface area contributed by atoms with Crippen LogP contribution in [0.15, 0.2) is 0 Å². The third-order valence-electron chi connectivity index (χ3n) is 4.38. The molecule has 2 saturated carbocycles. The van der Waals surface area contributed by atoms with Crippen molar-refractivity contribution < 1.29 is 9.90 Å². The molecule has 0 amide bonds. The average Bonchev–Trinajstić information content (AvgIpc) is 2.91. The molecule has 1 aromatic rings. The van der Waals surface area contributed by atoms with Crippen molar-refractivity contribution in [2.24, 2.45) is 17.8 Å². The van der Waals surface area contributed by atoms with Gasteiger partial charge in [0.25, 0.3) is 0 Å². The maximum atomic E-state index is 10.9. The minimum absolute atomic E-state index is 0.369. The van der Waals surface area contributed by atoms with Gasteiger partial charge >= 0.3 is 5.97 Å². The molecule has 6 heteroatoms. The molecule has 0 saturated heterocycles. The topological polar surface area (TPSA) is 80.9 Å². The van der Waals surface area contributed by atoms with Crippen LogP contribution in [0.3, 0.4) is 0 Å². The largest absolute Gasteiger partial charge is 0.481 e. The summed E-state index contributed by atoms with van der Waals surface area (Å²) >= 11 is 0. The van der Waals surface area contributed by atoms with Gasteiger partial charge in [0, 0.05) is 5.92 Å². The van der Waals surface area contributed by atoms with Crippen LogP contribution in [0.2, 0.25) is 0 Å². The Morgan fingerprint density at radius 1 is 1.44 bits per heavy atom. The lowest BCUT2D eigenvalue weighted by molar-refractivity contribution is -0.141. The fraction of sp³-hybridized carbons (Fsp3) is 0.833. The summed E-state index contributed by atoms with van der Waals surface area (Å²) in [6.45, 7) is 2.06. The lowest BCUT2D eigenvalue weighted by Crippen LogP contribution is -2.19. The molecule has 0 aromatic carbocycles. The highest BCUT2D eigenvalue weighted by atomic mass is 16.4. The number of nitrogens with zero attached hydrogens (tertiary/aromatic N) is 4. The fourth-order valence-corrected chi connectivity index (χ4v) is 3.29. The van der Waals surface area contributed by atoms with E-state index in [1.54, 1.807) is 11.6 Å². The first-order valence-electron chi connectivity index (χ1n) is 6.67. The van der Waals surface area contributed by atoms with E-state index in [2.05, 4.69) is 15.5 Å². The smallest absolute Gasteiger partial charge is 0.308 e. The highest BCUT2D eigenvalue weighted by Crippen LogP contribution is 2.60. The Hall–Kier alpha value is -1.46. The van der Waals surface area contributed by atoms with Crippen LogP contribution < -0.4 is 0 Å². The molecule has 3 unspecified atom stereocenters. The van der Waals surface area contributed by atoms with Gasteiger partial charge in [0.05, 0.1) is 12.5 Å². The molecule has 3 atom stereocenters. The molecule has 2 aliphatic carbocycles. The molecule has 3 rings (SSSR count). The minimum atomic E-state index is -0.801. The SMILES string of the molecule is CC(Cn1nnnc1C1C2CCCCC21)C(=O)O. The van der Waals surface area contributed by atoms with E-state index in [0.717, 1.165) is 17.7 Å². The van der Waals surface area contributed by atoms with Gasteiger partial charge in [-0.15, -0.1) is 5.10 Å². The quantitative estimate of drug-likeness (QED) is 0.871. The third kappa shape index (κ3) is 1.89. The molecule has 2 fully saturated rings. The van der Waals surface area contributed by atoms with Crippen LogP contribution in [-0.4, -0.2) is 31.3 Å². The number of carboxylic acid groups (broad SMARTS) is 1. The number of hydrogen-bond acceptors (Lipinski definition) is 4. The normalized spacial score (nSPS) is 31.7. The van der Waals surface area contributed by atoms with E-state index in [-0.39, 0.29) is 0 Å². The van der Waals surface area contributed by atoms with E-state index >= 15 is 0 Å². The molecular formula is C12H18N4O2. The van der Waals surface area contributed by atoms with Gasteiger partial charge in [0.1, 0.15) is 0 Å². The average molecular weight is 250 g/mol. The Balaban J connectivity index is 1.74. The monoisotopic (exact) mass is 250 g/mol. The van der Waals surface area contributed by atoms with Gasteiger partial charge in [0.15, 0.2) is 5.82 Å². The Morgan fingerprint density at radius 3 is 2.72 bits per heavy atom. The van der Waals surface area contributed by atoms with Gasteiger partial charge in [0.2, 0.25) is 0 Å². The molecule has 1 N–H and O–H groups in total. The number of aromatic nitrogens is 4. The van der Waals surface area contributed by atoms with Crippen molar-refractivity contribution in [1.82, 2.24) is 20.2 Å². The second kappa shape index (κ2) is 4.33. The van der Waals surface area contributed by atoms with Gasteiger partial charge in [-0.1, -0.05) is 19.8 Å². The summed E-state index contributed by atoms with van der Waals surface area (Å²) in [7, 11) is 0. The van der Waals surface area contributed by atoms with Crippen LogP contribution in [-0.2, 0) is 11.3 Å². The summed E-state index contributed by atoms with van der Waals surface area (Å²) in [5, 5.41) is 20.7. The number of carboxylic acids is 1. The van der Waals surface area contributed by atoms with Gasteiger partial charge < -0.3 is 5.11 Å². The summed E-state index contributed by atoms with van der Waals surface area (Å²) < 4.78 is 1.70. The second-order valence-corrected chi connectivity index (χ2v) is 5.60. The van der Waals surface area contributed by atoms with Gasteiger partial charge in [-0.25, -0.2) is 4.68 Å². The van der Waals surface area contributed by atoms with Crippen LogP contribution in [0.4, 0.5) is 0 Å². The Kier molecular flexibility index (Phi) is 2.80. The molecule has 0 spiro atoms. The maximum absolute atomic E-state index is 10.9. The summed E-state index contributed by atoms with van der Waals surface area (Å²) in [5.74, 6) is 1.61. The van der Waals surface area contributed by atoms with E-state index in [9.17, 15) is 4.79 Å². The predicted molar refractivity (Wildman–Crippen MR) is 62.8 cm³/mol. The molecular weight excluding hydrogens is 232 g/mol. The lowest BCUT2D eigenvalue weighted by atomic mass is 10.0. The minimum Gasteiger partial charge on any atom is -0.481 e. The molecule has 0 aliphatic heterocycles. The first kappa shape index (κ1) is 11.6. The lowest BCUT2D eigenvalue weighted by Gasteiger charge is -2.07. The van der Waals surface area contributed by atoms with Crippen LogP contribution >= 0.6 is 0 Å². The summed E-state index contributed by atoms with van der Waals surface area (Å²) in [6.07, 6.45) is 5.17. The van der Waals surface area contributed by atoms with Crippen LogP contribution in [0, 0.1) is 17.8 Å². The first-order valence-corrected chi connectivity index (χ1v) is 6.67. The van der Waals surface area contributed by atoms with Crippen molar-refractivity contribution >= 4 is 5.97 Å². The number of fused-ring (bicyclic) bond motifs is 1. The third-order valence-corrected chi connectivity index (χ3v) is 4.38. The van der Waals surface area contributed by atoms with Crippen molar-refractivity contribution in [3.05, 3.63) is 5.82 Å². The second-order valence-electron chi connectivity index (χ2n) is 5.60. The molecule has 1 heterocycles. The highest BCUT2D eigenvalue weighted by molar-refractivity contribution is 5.69. The molecule has 0 bridgehead atoms. The predicted octanol–water partition coefficient (Wildman–Crippen LogP) is 1.30. The van der Waals surface area contributed by atoms with Gasteiger partial charge in [-0.05, 0) is 35.1 Å². The van der Waals surface area contributed by atoms with Crippen molar-refractivity contribution in [3.8, 4) is 0 Å². The first-order chi connectivity index (χ1) is 8.68. The molecule has 6 nitrogen and oxygen atoms in total. The van der Waals surface area contributed by atoms with Gasteiger partial charge in [-0.3, -0.25) is 4.79 Å². The van der Waals surface area contributed by atoms with Crippen molar-refractivity contribution in [2.45, 2.75) is 45.1 Å². The number of rotatable bonds is 4. The van der Waals surface area contributed by atoms with Crippen LogP contribution in [0.1, 0.15) is 44.3 Å². The highest BCUT2D eigenvalue weighted by Gasteiger charge is 2.53. The number of carbonyl (C=O) groups is 1. The Bertz CT molecular complexity index is 447. The number of hydrogen-bond donors (Lipinski definition) is 1. The van der Waals surface area contributed by atoms with Crippen LogP contribution in [0.25, 0.3) is 0 Å². The number of tetrazole rings is 1. The fourth-order valence-electron chi connectivity index (χ4n) is 3.29. The van der Waals surface area contributed by atoms with Gasteiger partial charge in [-0.2, -0.15) is 0 Å². The molecule has 0 radical (unpaired) electrons. The van der Waals surface area contributed by atoms with E-state index in [1.807, 2.05) is 0 Å². The summed E-state index contributed by atoms with van der Waals surface area (Å²) in [6, 6.07) is 0. The zero-order valence-corrected chi connectivity index (χ0v) is 10.5. The van der Waals surface area contributed by atoms with Crippen molar-refractivity contribution in [3.63, 3.8) is 0 Å². The van der Waals surface area contributed by atoms with Crippen molar-refractivity contribution in [2.75, 3.05) is 0 Å². The van der Waals surface area contributed by atoms with E-state index in [4.69, 9.17) is 5.11 Å². The van der Waals surface area contributed by atoms with Crippen LogP contribution in [0.5, 0.6) is 0 Å². The standard InChI is InChI=1S/C12H18N4O2/c1-7(12(17)18)6-16-11(13-14-15-16)10-8-4-2-3-5-9(8)10/h7-10H,2-6H2,1H3,(H,17,18). The van der Waals surface area contributed by atoms with E-state index in [1.165, 1.54) is 25.7 Å². The zero-order valence-electron chi connectivity index (χ0n) is 10.5. The van der Waals surface area contributed by atoms with E-state index < -0.39 is 11.9 Å². The van der Waals surface area contributed by atoms with E-state index in [0.29, 0.717) is 12.5 Å². The Labute approximate surface area is 105 Å².